The second kappa shape index (κ2) is 7.11. The Hall–Kier alpha value is -1.42. The molecule has 0 radical (unpaired) electrons. The second-order valence-corrected chi connectivity index (χ2v) is 4.60. The van der Waals surface area contributed by atoms with E-state index in [-0.39, 0.29) is 11.4 Å². The number of rotatable bonds is 7. The largest absolute Gasteiger partial charge is 0.349 e. The van der Waals surface area contributed by atoms with Gasteiger partial charge in [-0.3, -0.25) is 9.78 Å². The van der Waals surface area contributed by atoms with Crippen LogP contribution in [0.15, 0.2) is 24.5 Å². The molecule has 0 aromatic carbocycles. The number of aromatic nitrogens is 1. The van der Waals surface area contributed by atoms with Crippen LogP contribution in [-0.4, -0.2) is 23.0 Å². The molecule has 4 heteroatoms. The summed E-state index contributed by atoms with van der Waals surface area (Å²) < 4.78 is 0. The summed E-state index contributed by atoms with van der Waals surface area (Å²) in [5.41, 5.74) is 6.60. The van der Waals surface area contributed by atoms with Gasteiger partial charge in [-0.1, -0.05) is 19.9 Å². The first kappa shape index (κ1) is 14.6. The average Bonchev–Trinajstić information content (AvgIpc) is 2.44. The van der Waals surface area contributed by atoms with Crippen LogP contribution in [0.2, 0.25) is 0 Å². The number of hydrogen-bond acceptors (Lipinski definition) is 3. The lowest BCUT2D eigenvalue weighted by molar-refractivity contribution is -0.123. The summed E-state index contributed by atoms with van der Waals surface area (Å²) in [5, 5.41) is 3.07. The second-order valence-electron chi connectivity index (χ2n) is 4.60. The molecule has 3 N–H and O–H groups in total. The van der Waals surface area contributed by atoms with Crippen molar-refractivity contribution in [2.45, 2.75) is 45.1 Å². The zero-order chi connectivity index (χ0) is 13.4. The smallest absolute Gasteiger partial charge is 0.220 e. The summed E-state index contributed by atoms with van der Waals surface area (Å²) >= 11 is 0. The number of nitrogens with zero attached hydrogens (tertiary/aromatic N) is 1. The van der Waals surface area contributed by atoms with Crippen LogP contribution in [-0.2, 0) is 11.2 Å². The molecule has 0 saturated carbocycles. The fourth-order valence-corrected chi connectivity index (χ4v) is 1.93. The Bertz CT molecular complexity index is 352. The Balaban J connectivity index is 2.46. The van der Waals surface area contributed by atoms with Crippen molar-refractivity contribution in [2.75, 3.05) is 6.54 Å². The van der Waals surface area contributed by atoms with E-state index in [1.54, 1.807) is 12.4 Å². The molecule has 1 aromatic rings. The van der Waals surface area contributed by atoms with Gasteiger partial charge in [0.15, 0.2) is 0 Å². The highest BCUT2D eigenvalue weighted by molar-refractivity contribution is 5.77. The monoisotopic (exact) mass is 249 g/mol. The SMILES string of the molecule is CCC(CC)(CN)NC(=O)CCc1cccnc1. The van der Waals surface area contributed by atoms with E-state index in [1.165, 1.54) is 0 Å². The number of nitrogens with one attached hydrogen (secondary N) is 1. The van der Waals surface area contributed by atoms with Gasteiger partial charge in [0.2, 0.25) is 5.91 Å². The van der Waals surface area contributed by atoms with Gasteiger partial charge >= 0.3 is 0 Å². The molecule has 0 bridgehead atoms. The van der Waals surface area contributed by atoms with Gasteiger partial charge in [-0.2, -0.15) is 0 Å². The van der Waals surface area contributed by atoms with E-state index in [9.17, 15) is 4.79 Å². The van der Waals surface area contributed by atoms with Crippen molar-refractivity contribution in [3.05, 3.63) is 30.1 Å². The number of pyridine rings is 1. The molecule has 1 rings (SSSR count). The number of amides is 1. The highest BCUT2D eigenvalue weighted by Crippen LogP contribution is 2.13. The van der Waals surface area contributed by atoms with Crippen molar-refractivity contribution < 1.29 is 4.79 Å². The van der Waals surface area contributed by atoms with E-state index in [0.717, 1.165) is 18.4 Å². The van der Waals surface area contributed by atoms with Crippen LogP contribution in [0.1, 0.15) is 38.7 Å². The summed E-state index contributed by atoms with van der Waals surface area (Å²) in [5.74, 6) is 0.0630. The van der Waals surface area contributed by atoms with Gasteiger partial charge in [0.1, 0.15) is 0 Å². The van der Waals surface area contributed by atoms with Crippen molar-refractivity contribution in [3.8, 4) is 0 Å². The molecule has 0 unspecified atom stereocenters. The van der Waals surface area contributed by atoms with E-state index < -0.39 is 0 Å². The molecule has 1 amide bonds. The zero-order valence-corrected chi connectivity index (χ0v) is 11.3. The molecule has 1 aromatic heterocycles. The van der Waals surface area contributed by atoms with Crippen LogP contribution < -0.4 is 11.1 Å². The van der Waals surface area contributed by atoms with Crippen LogP contribution in [0.3, 0.4) is 0 Å². The maximum atomic E-state index is 11.9. The highest BCUT2D eigenvalue weighted by atomic mass is 16.1. The first-order valence-electron chi connectivity index (χ1n) is 6.55. The Kier molecular flexibility index (Phi) is 5.78. The molecule has 100 valence electrons. The molecule has 4 nitrogen and oxygen atoms in total. The topological polar surface area (TPSA) is 68.0 Å². The Labute approximate surface area is 109 Å². The molecule has 0 aliphatic heterocycles. The first-order chi connectivity index (χ1) is 8.65. The van der Waals surface area contributed by atoms with Gasteiger partial charge < -0.3 is 11.1 Å². The summed E-state index contributed by atoms with van der Waals surface area (Å²) in [7, 11) is 0. The fraction of sp³-hybridized carbons (Fsp3) is 0.571. The predicted octanol–water partition coefficient (Wildman–Crippen LogP) is 1.65. The van der Waals surface area contributed by atoms with Gasteiger partial charge in [-0.05, 0) is 30.9 Å². The Morgan fingerprint density at radius 1 is 1.44 bits per heavy atom. The standard InChI is InChI=1S/C14H23N3O/c1-3-14(4-2,11-15)17-13(18)8-7-12-6-5-9-16-10-12/h5-6,9-10H,3-4,7-8,11,15H2,1-2H3,(H,17,18). The third-order valence-corrected chi connectivity index (χ3v) is 3.51. The normalized spacial score (nSPS) is 11.3. The van der Waals surface area contributed by atoms with E-state index in [2.05, 4.69) is 24.1 Å². The summed E-state index contributed by atoms with van der Waals surface area (Å²) in [6.07, 6.45) is 6.44. The molecular weight excluding hydrogens is 226 g/mol. The third-order valence-electron chi connectivity index (χ3n) is 3.51. The maximum Gasteiger partial charge on any atom is 0.220 e. The van der Waals surface area contributed by atoms with Crippen molar-refractivity contribution >= 4 is 5.91 Å². The Morgan fingerprint density at radius 3 is 2.67 bits per heavy atom. The third kappa shape index (κ3) is 4.11. The molecule has 0 atom stereocenters. The molecular formula is C14H23N3O. The van der Waals surface area contributed by atoms with Gasteiger partial charge in [-0.25, -0.2) is 0 Å². The lowest BCUT2D eigenvalue weighted by atomic mass is 9.92. The first-order valence-corrected chi connectivity index (χ1v) is 6.55. The molecule has 0 spiro atoms. The number of nitrogens with two attached hydrogens (primary N) is 1. The van der Waals surface area contributed by atoms with Crippen molar-refractivity contribution in [1.82, 2.24) is 10.3 Å². The van der Waals surface area contributed by atoms with Gasteiger partial charge in [0.05, 0.1) is 5.54 Å². The van der Waals surface area contributed by atoms with Crippen molar-refractivity contribution in [3.63, 3.8) is 0 Å². The van der Waals surface area contributed by atoms with Crippen LogP contribution in [0.25, 0.3) is 0 Å². The quantitative estimate of drug-likeness (QED) is 0.772. The number of carbonyl (C=O) groups is 1. The van der Waals surface area contributed by atoms with Crippen LogP contribution >= 0.6 is 0 Å². The lowest BCUT2D eigenvalue weighted by Crippen LogP contribution is -2.52. The predicted molar refractivity (Wildman–Crippen MR) is 73.1 cm³/mol. The molecule has 0 aliphatic rings. The molecule has 0 saturated heterocycles. The van der Waals surface area contributed by atoms with Gasteiger partial charge in [0, 0.05) is 25.4 Å². The van der Waals surface area contributed by atoms with Crippen LogP contribution in [0, 0.1) is 0 Å². The van der Waals surface area contributed by atoms with E-state index in [0.29, 0.717) is 19.4 Å². The molecule has 18 heavy (non-hydrogen) atoms. The molecule has 1 heterocycles. The molecule has 0 fully saturated rings. The van der Waals surface area contributed by atoms with Gasteiger partial charge in [-0.15, -0.1) is 0 Å². The maximum absolute atomic E-state index is 11.9. The van der Waals surface area contributed by atoms with E-state index in [1.807, 2.05) is 12.1 Å². The van der Waals surface area contributed by atoms with Crippen molar-refractivity contribution in [1.29, 1.82) is 0 Å². The van der Waals surface area contributed by atoms with E-state index >= 15 is 0 Å². The minimum atomic E-state index is -0.244. The summed E-state index contributed by atoms with van der Waals surface area (Å²) in [6, 6.07) is 3.87. The minimum Gasteiger partial charge on any atom is -0.349 e. The van der Waals surface area contributed by atoms with Crippen LogP contribution in [0.4, 0.5) is 0 Å². The average molecular weight is 249 g/mol. The number of aryl methyl sites for hydroxylation is 1. The lowest BCUT2D eigenvalue weighted by Gasteiger charge is -2.31. The summed E-state index contributed by atoms with van der Waals surface area (Å²) in [4.78, 5) is 16.0. The Morgan fingerprint density at radius 2 is 2.17 bits per heavy atom. The highest BCUT2D eigenvalue weighted by Gasteiger charge is 2.25. The number of carbonyl (C=O) groups excluding carboxylic acids is 1. The fourth-order valence-electron chi connectivity index (χ4n) is 1.93. The summed E-state index contributed by atoms with van der Waals surface area (Å²) in [6.45, 7) is 4.59. The molecule has 0 aliphatic carbocycles. The van der Waals surface area contributed by atoms with E-state index in [4.69, 9.17) is 5.73 Å². The van der Waals surface area contributed by atoms with Crippen molar-refractivity contribution in [2.24, 2.45) is 5.73 Å². The van der Waals surface area contributed by atoms with Crippen LogP contribution in [0.5, 0.6) is 0 Å². The minimum absolute atomic E-state index is 0.0630. The number of hydrogen-bond donors (Lipinski definition) is 2. The van der Waals surface area contributed by atoms with Gasteiger partial charge in [0.25, 0.3) is 0 Å². The zero-order valence-electron chi connectivity index (χ0n) is 11.3.